The van der Waals surface area contributed by atoms with Gasteiger partial charge in [-0.1, -0.05) is 26.7 Å². The van der Waals surface area contributed by atoms with Crippen molar-refractivity contribution < 1.29 is 18.3 Å². The predicted molar refractivity (Wildman–Crippen MR) is 73.7 cm³/mol. The van der Waals surface area contributed by atoms with Crippen molar-refractivity contribution in [2.45, 2.75) is 51.1 Å². The van der Waals surface area contributed by atoms with Crippen molar-refractivity contribution in [3.05, 3.63) is 12.4 Å². The first kappa shape index (κ1) is 16.6. The highest BCUT2D eigenvalue weighted by molar-refractivity contribution is 7.89. The second-order valence-corrected chi connectivity index (χ2v) is 6.47. The molecule has 0 aliphatic heterocycles. The lowest BCUT2D eigenvalue weighted by atomic mass is 9.96. The number of aromatic nitrogens is 2. The molecular formula is C12H21N3O4S. The van der Waals surface area contributed by atoms with Gasteiger partial charge in [0.05, 0.1) is 6.20 Å². The van der Waals surface area contributed by atoms with Crippen molar-refractivity contribution in [2.24, 2.45) is 5.92 Å². The van der Waals surface area contributed by atoms with Crippen LogP contribution in [0.5, 0.6) is 0 Å². The van der Waals surface area contributed by atoms with Crippen molar-refractivity contribution in [1.82, 2.24) is 14.5 Å². The standard InChI is InChI=1S/C12H21N3O4S/c1-4-10(5-2)9(3)14-20(18,19)11-6-13-15(7-11)8-12(16)17/h6-7,9-10,14H,4-5,8H2,1-3H3,(H,16,17). The summed E-state index contributed by atoms with van der Waals surface area (Å²) in [4.78, 5) is 10.5. The third kappa shape index (κ3) is 4.31. The van der Waals surface area contributed by atoms with E-state index in [2.05, 4.69) is 9.82 Å². The fourth-order valence-corrected chi connectivity index (χ4v) is 3.38. The van der Waals surface area contributed by atoms with Gasteiger partial charge in [0.1, 0.15) is 11.4 Å². The predicted octanol–water partition coefficient (Wildman–Crippen LogP) is 1.07. The third-order valence-electron chi connectivity index (χ3n) is 3.31. The Bertz CT molecular complexity index is 549. The average Bonchev–Trinajstić information content (AvgIpc) is 2.78. The van der Waals surface area contributed by atoms with Crippen molar-refractivity contribution in [1.29, 1.82) is 0 Å². The van der Waals surface area contributed by atoms with E-state index in [1.54, 1.807) is 0 Å². The minimum Gasteiger partial charge on any atom is -0.480 e. The van der Waals surface area contributed by atoms with Crippen molar-refractivity contribution in [2.75, 3.05) is 0 Å². The first-order chi connectivity index (χ1) is 9.30. The van der Waals surface area contributed by atoms with E-state index in [1.165, 1.54) is 6.20 Å². The van der Waals surface area contributed by atoms with E-state index < -0.39 is 16.0 Å². The molecule has 0 saturated heterocycles. The maximum absolute atomic E-state index is 12.2. The van der Waals surface area contributed by atoms with Crippen LogP contribution in [0.25, 0.3) is 0 Å². The monoisotopic (exact) mass is 303 g/mol. The molecule has 1 atom stereocenters. The SMILES string of the molecule is CCC(CC)C(C)NS(=O)(=O)c1cnn(CC(=O)O)c1. The molecule has 0 fully saturated rings. The van der Waals surface area contributed by atoms with Gasteiger partial charge in [-0.15, -0.1) is 0 Å². The first-order valence-corrected chi connectivity index (χ1v) is 8.05. The summed E-state index contributed by atoms with van der Waals surface area (Å²) in [6, 6.07) is -0.183. The quantitative estimate of drug-likeness (QED) is 0.748. The van der Waals surface area contributed by atoms with Gasteiger partial charge < -0.3 is 5.11 Å². The number of aliphatic carboxylic acids is 1. The van der Waals surface area contributed by atoms with Crippen LogP contribution in [0, 0.1) is 5.92 Å². The molecule has 0 saturated carbocycles. The molecule has 0 aromatic carbocycles. The molecular weight excluding hydrogens is 282 g/mol. The lowest BCUT2D eigenvalue weighted by Crippen LogP contribution is -2.37. The van der Waals surface area contributed by atoms with Crippen LogP contribution in [0.2, 0.25) is 0 Å². The summed E-state index contributed by atoms with van der Waals surface area (Å²) >= 11 is 0. The number of carboxylic acid groups (broad SMARTS) is 1. The molecule has 0 aliphatic rings. The van der Waals surface area contributed by atoms with E-state index in [0.717, 1.165) is 23.7 Å². The number of nitrogens with zero attached hydrogens (tertiary/aromatic N) is 2. The largest absolute Gasteiger partial charge is 0.480 e. The molecule has 0 amide bonds. The zero-order valence-corrected chi connectivity index (χ0v) is 12.7. The maximum atomic E-state index is 12.2. The fourth-order valence-electron chi connectivity index (χ4n) is 2.11. The Balaban J connectivity index is 2.83. The van der Waals surface area contributed by atoms with E-state index in [4.69, 9.17) is 5.11 Å². The number of hydrogen-bond donors (Lipinski definition) is 2. The van der Waals surface area contributed by atoms with Crippen molar-refractivity contribution in [3.63, 3.8) is 0 Å². The molecule has 0 bridgehead atoms. The number of carbonyl (C=O) groups is 1. The number of carboxylic acids is 1. The zero-order chi connectivity index (χ0) is 15.3. The minimum absolute atomic E-state index is 0.0171. The summed E-state index contributed by atoms with van der Waals surface area (Å²) in [6.07, 6.45) is 4.15. The molecule has 8 heteroatoms. The van der Waals surface area contributed by atoms with E-state index in [9.17, 15) is 13.2 Å². The molecule has 1 heterocycles. The van der Waals surface area contributed by atoms with Crippen LogP contribution in [0.3, 0.4) is 0 Å². The van der Waals surface area contributed by atoms with Crippen LogP contribution >= 0.6 is 0 Å². The van der Waals surface area contributed by atoms with Gasteiger partial charge in [0.2, 0.25) is 10.0 Å². The molecule has 20 heavy (non-hydrogen) atoms. The van der Waals surface area contributed by atoms with Gasteiger partial charge in [0.25, 0.3) is 0 Å². The first-order valence-electron chi connectivity index (χ1n) is 6.56. The third-order valence-corrected chi connectivity index (χ3v) is 4.83. The molecule has 114 valence electrons. The Morgan fingerprint density at radius 3 is 2.55 bits per heavy atom. The lowest BCUT2D eigenvalue weighted by Gasteiger charge is -2.21. The topological polar surface area (TPSA) is 101 Å². The zero-order valence-electron chi connectivity index (χ0n) is 11.9. The molecule has 1 aromatic rings. The Labute approximate surface area is 119 Å². The van der Waals surface area contributed by atoms with Gasteiger partial charge in [0, 0.05) is 12.2 Å². The van der Waals surface area contributed by atoms with Crippen LogP contribution in [0.4, 0.5) is 0 Å². The second kappa shape index (κ2) is 6.85. The van der Waals surface area contributed by atoms with E-state index in [-0.39, 0.29) is 23.4 Å². The minimum atomic E-state index is -3.67. The summed E-state index contributed by atoms with van der Waals surface area (Å²) in [5, 5.41) is 12.4. The molecule has 1 aromatic heterocycles. The Kier molecular flexibility index (Phi) is 5.70. The summed E-state index contributed by atoms with van der Waals surface area (Å²) in [5.41, 5.74) is 0. The Morgan fingerprint density at radius 1 is 1.45 bits per heavy atom. The normalized spacial score (nSPS) is 13.6. The molecule has 1 unspecified atom stereocenters. The van der Waals surface area contributed by atoms with Gasteiger partial charge in [-0.2, -0.15) is 5.10 Å². The number of nitrogens with one attached hydrogen (secondary N) is 1. The second-order valence-electron chi connectivity index (χ2n) is 4.75. The number of hydrogen-bond acceptors (Lipinski definition) is 4. The van der Waals surface area contributed by atoms with Crippen molar-refractivity contribution in [3.8, 4) is 0 Å². The fraction of sp³-hybridized carbons (Fsp3) is 0.667. The van der Waals surface area contributed by atoms with Crippen LogP contribution in [0.1, 0.15) is 33.6 Å². The molecule has 7 nitrogen and oxygen atoms in total. The highest BCUT2D eigenvalue weighted by Crippen LogP contribution is 2.16. The summed E-state index contributed by atoms with van der Waals surface area (Å²) < 4.78 is 28.0. The highest BCUT2D eigenvalue weighted by atomic mass is 32.2. The molecule has 2 N–H and O–H groups in total. The number of sulfonamides is 1. The summed E-state index contributed by atoms with van der Waals surface area (Å²) in [6.45, 7) is 5.50. The Hall–Kier alpha value is -1.41. The van der Waals surface area contributed by atoms with Crippen LogP contribution < -0.4 is 4.72 Å². The molecule has 0 spiro atoms. The van der Waals surface area contributed by atoms with Gasteiger partial charge in [-0.05, 0) is 12.8 Å². The summed E-state index contributed by atoms with van der Waals surface area (Å²) in [5.74, 6) is -0.811. The van der Waals surface area contributed by atoms with Crippen LogP contribution in [-0.4, -0.2) is 35.3 Å². The lowest BCUT2D eigenvalue weighted by molar-refractivity contribution is -0.137. The average molecular weight is 303 g/mol. The van der Waals surface area contributed by atoms with Crippen LogP contribution in [-0.2, 0) is 21.4 Å². The maximum Gasteiger partial charge on any atom is 0.325 e. The van der Waals surface area contributed by atoms with Crippen LogP contribution in [0.15, 0.2) is 17.3 Å². The van der Waals surface area contributed by atoms with E-state index in [0.29, 0.717) is 0 Å². The molecule has 0 aliphatic carbocycles. The van der Waals surface area contributed by atoms with Gasteiger partial charge in [-0.3, -0.25) is 9.48 Å². The Morgan fingerprint density at radius 2 is 2.05 bits per heavy atom. The molecule has 1 rings (SSSR count). The van der Waals surface area contributed by atoms with Gasteiger partial charge >= 0.3 is 5.97 Å². The van der Waals surface area contributed by atoms with Gasteiger partial charge in [0.15, 0.2) is 0 Å². The van der Waals surface area contributed by atoms with E-state index in [1.807, 2.05) is 20.8 Å². The number of rotatable bonds is 8. The smallest absolute Gasteiger partial charge is 0.325 e. The highest BCUT2D eigenvalue weighted by Gasteiger charge is 2.23. The molecule has 0 radical (unpaired) electrons. The summed E-state index contributed by atoms with van der Waals surface area (Å²) in [7, 11) is -3.67. The van der Waals surface area contributed by atoms with Crippen molar-refractivity contribution >= 4 is 16.0 Å². The van der Waals surface area contributed by atoms with Gasteiger partial charge in [-0.25, -0.2) is 13.1 Å². The van der Waals surface area contributed by atoms with E-state index >= 15 is 0 Å².